The maximum atomic E-state index is 15.7. The normalized spacial score (nSPS) is 24.9. The second-order valence-electron chi connectivity index (χ2n) is 9.27. The number of carbonyl (C=O) groups is 1. The molecule has 1 saturated heterocycles. The van der Waals surface area contributed by atoms with E-state index in [2.05, 4.69) is 20.0 Å². The van der Waals surface area contributed by atoms with Crippen LogP contribution in [0.1, 0.15) is 13.2 Å². The first kappa shape index (κ1) is 30.3. The van der Waals surface area contributed by atoms with Gasteiger partial charge in [-0.25, -0.2) is 14.5 Å². The summed E-state index contributed by atoms with van der Waals surface area (Å²) in [4.78, 5) is 26.5. The van der Waals surface area contributed by atoms with Gasteiger partial charge in [-0.1, -0.05) is 18.2 Å². The number of anilines is 2. The molecule has 1 fully saturated rings. The predicted octanol–water partition coefficient (Wildman–Crippen LogP) is 2.15. The lowest BCUT2D eigenvalue weighted by Gasteiger charge is -2.33. The molecule has 13 nitrogen and oxygen atoms in total. The number of hydrogen-bond acceptors (Lipinski definition) is 12. The van der Waals surface area contributed by atoms with E-state index in [4.69, 9.17) is 47.7 Å². The van der Waals surface area contributed by atoms with Gasteiger partial charge in [0.05, 0.1) is 25.9 Å². The lowest BCUT2D eigenvalue weighted by atomic mass is 9.99. The number of methoxy groups -OCH3 is 1. The van der Waals surface area contributed by atoms with Crippen molar-refractivity contribution < 1.29 is 32.8 Å². The van der Waals surface area contributed by atoms with Crippen LogP contribution >= 0.6 is 18.2 Å². The molecule has 1 aliphatic heterocycles. The smallest absolute Gasteiger partial charge is 0.323 e. The highest BCUT2D eigenvalue weighted by Crippen LogP contribution is 2.49. The maximum absolute atomic E-state index is 15.7. The number of alkyl halides is 2. The summed E-state index contributed by atoms with van der Waals surface area (Å²) in [7, 11) is 4.73. The Balaban J connectivity index is 1.63. The highest BCUT2D eigenvalue weighted by molar-refractivity contribution is 8.09. The molecule has 4 N–H and O–H groups in total. The number of aliphatic hydroxyl groups excluding tert-OH is 1. The van der Waals surface area contributed by atoms with Crippen molar-refractivity contribution in [3.8, 4) is 5.75 Å². The van der Waals surface area contributed by atoms with Gasteiger partial charge in [-0.3, -0.25) is 9.36 Å². The standard InChI is InChI=1S/C23H30ClFN7O6PS/c1-13(21(34)35-4)30-39(40,38-14-8-6-5-7-9-14)36-11-23(10-24)17(33)15(25)20(37-23)32-12-27-16-18(31(2)3)28-22(26)29-19(16)32/h5-9,12-13,15,17,20,33H,10-11H2,1-4H3,(H,30,40)(H2,26,28,29)/t13-,15-,17+,20-,23-,39+/m1/s1. The minimum Gasteiger partial charge on any atom is -0.468 e. The summed E-state index contributed by atoms with van der Waals surface area (Å²) in [6.45, 7) is -2.47. The number of carbonyl (C=O) groups excluding carboxylic acids is 1. The molecule has 0 bridgehead atoms. The van der Waals surface area contributed by atoms with E-state index >= 15 is 4.39 Å². The highest BCUT2D eigenvalue weighted by atomic mass is 35.5. The van der Waals surface area contributed by atoms with Crippen LogP contribution in [0.5, 0.6) is 5.75 Å². The van der Waals surface area contributed by atoms with Crippen LogP contribution in [0.2, 0.25) is 0 Å². The summed E-state index contributed by atoms with van der Waals surface area (Å²) < 4.78 is 39.8. The largest absolute Gasteiger partial charge is 0.468 e. The number of hydrogen-bond donors (Lipinski definition) is 3. The molecular formula is C23H30ClFN7O6PS. The summed E-state index contributed by atoms with van der Waals surface area (Å²) in [5.41, 5.74) is 4.69. The highest BCUT2D eigenvalue weighted by Gasteiger charge is 2.57. The van der Waals surface area contributed by atoms with Crippen LogP contribution in [0.3, 0.4) is 0 Å². The number of esters is 1. The van der Waals surface area contributed by atoms with Gasteiger partial charge in [-0.15, -0.1) is 11.6 Å². The zero-order valence-corrected chi connectivity index (χ0v) is 24.6. The number of imidazole rings is 1. The topological polar surface area (TPSA) is 159 Å². The molecule has 0 amide bonds. The molecule has 4 rings (SSSR count). The van der Waals surface area contributed by atoms with Crippen LogP contribution in [0, 0.1) is 0 Å². The van der Waals surface area contributed by atoms with E-state index in [1.54, 1.807) is 49.3 Å². The van der Waals surface area contributed by atoms with Crippen molar-refractivity contribution in [2.45, 2.75) is 37.1 Å². The minimum atomic E-state index is -3.51. The fourth-order valence-electron chi connectivity index (χ4n) is 4.09. The number of aliphatic hydroxyl groups is 1. The average molecular weight is 618 g/mol. The van der Waals surface area contributed by atoms with E-state index < -0.39 is 49.4 Å². The van der Waals surface area contributed by atoms with Gasteiger partial charge in [-0.2, -0.15) is 9.97 Å². The Morgan fingerprint density at radius 2 is 2.10 bits per heavy atom. The van der Waals surface area contributed by atoms with Crippen LogP contribution in [-0.2, 0) is 30.6 Å². The number of para-hydroxylation sites is 1. The number of rotatable bonds is 11. The third kappa shape index (κ3) is 6.00. The monoisotopic (exact) mass is 617 g/mol. The first-order chi connectivity index (χ1) is 18.9. The van der Waals surface area contributed by atoms with Gasteiger partial charge in [0.2, 0.25) is 5.95 Å². The molecule has 0 radical (unpaired) electrons. The number of fused-ring (bicyclic) bond motifs is 1. The van der Waals surface area contributed by atoms with E-state index in [0.29, 0.717) is 17.1 Å². The second-order valence-corrected chi connectivity index (χ2v) is 12.7. The van der Waals surface area contributed by atoms with Crippen molar-refractivity contribution >= 4 is 58.9 Å². The molecular weight excluding hydrogens is 588 g/mol. The summed E-state index contributed by atoms with van der Waals surface area (Å²) in [5.74, 6) is -0.239. The van der Waals surface area contributed by atoms with E-state index in [-0.39, 0.29) is 17.5 Å². The Morgan fingerprint density at radius 1 is 1.40 bits per heavy atom. The van der Waals surface area contributed by atoms with E-state index in [1.165, 1.54) is 24.9 Å². The van der Waals surface area contributed by atoms with Gasteiger partial charge in [0.25, 0.3) is 0 Å². The van der Waals surface area contributed by atoms with E-state index in [1.807, 2.05) is 0 Å². The quantitative estimate of drug-likeness (QED) is 0.163. The lowest BCUT2D eigenvalue weighted by Crippen LogP contribution is -2.48. The number of nitrogens with one attached hydrogen (secondary N) is 1. The molecule has 1 aromatic carbocycles. The van der Waals surface area contributed by atoms with Gasteiger partial charge in [0.1, 0.15) is 23.5 Å². The lowest BCUT2D eigenvalue weighted by molar-refractivity contribution is -0.142. The first-order valence-corrected chi connectivity index (χ1v) is 15.2. The van der Waals surface area contributed by atoms with Crippen molar-refractivity contribution in [3.63, 3.8) is 0 Å². The van der Waals surface area contributed by atoms with Crippen LogP contribution < -0.4 is 20.2 Å². The Morgan fingerprint density at radius 3 is 2.73 bits per heavy atom. The number of ether oxygens (including phenoxy) is 2. The van der Waals surface area contributed by atoms with Gasteiger partial charge in [-0.05, 0) is 30.9 Å². The summed E-state index contributed by atoms with van der Waals surface area (Å²) >= 11 is 11.9. The van der Waals surface area contributed by atoms with E-state index in [9.17, 15) is 9.90 Å². The van der Waals surface area contributed by atoms with Crippen LogP contribution in [0.4, 0.5) is 16.2 Å². The van der Waals surface area contributed by atoms with Gasteiger partial charge < -0.3 is 34.3 Å². The van der Waals surface area contributed by atoms with Crippen LogP contribution in [-0.4, -0.2) is 88.2 Å². The molecule has 0 spiro atoms. The van der Waals surface area contributed by atoms with Crippen molar-refractivity contribution in [2.75, 3.05) is 44.3 Å². The number of aromatic nitrogens is 4. The molecule has 0 unspecified atom stereocenters. The number of nitrogens with two attached hydrogens (primary N) is 1. The fraction of sp³-hybridized carbons (Fsp3) is 0.478. The summed E-state index contributed by atoms with van der Waals surface area (Å²) in [6, 6.07) is 7.65. The van der Waals surface area contributed by atoms with Crippen LogP contribution in [0.15, 0.2) is 36.7 Å². The van der Waals surface area contributed by atoms with Gasteiger partial charge in [0.15, 0.2) is 29.4 Å². The van der Waals surface area contributed by atoms with E-state index in [0.717, 1.165) is 0 Å². The molecule has 2 aromatic heterocycles. The number of nitrogen functional groups attached to an aromatic ring is 1. The van der Waals surface area contributed by atoms with Gasteiger partial charge >= 0.3 is 12.6 Å². The molecule has 0 saturated carbocycles. The third-order valence-corrected chi connectivity index (χ3v) is 9.10. The zero-order chi connectivity index (χ0) is 29.2. The number of nitrogens with zero attached hydrogens (tertiary/aromatic N) is 5. The SMILES string of the molecule is COC(=O)[C@@H](C)N[P@](=S)(OC[C@@]1(CCl)O[C@@H](n2cnc3c(N(C)C)nc(N)nc32)[C@H](F)[C@@H]1O)Oc1ccccc1. The summed E-state index contributed by atoms with van der Waals surface area (Å²) in [5, 5.41) is 13.9. The number of halogens is 2. The first-order valence-electron chi connectivity index (χ1n) is 12.0. The molecule has 40 heavy (non-hydrogen) atoms. The average Bonchev–Trinajstić information content (AvgIpc) is 3.45. The third-order valence-electron chi connectivity index (χ3n) is 6.17. The predicted molar refractivity (Wildman–Crippen MR) is 150 cm³/mol. The number of benzene rings is 1. The van der Waals surface area contributed by atoms with Crippen LogP contribution in [0.25, 0.3) is 11.2 Å². The molecule has 17 heteroatoms. The van der Waals surface area contributed by atoms with Crippen molar-refractivity contribution in [1.29, 1.82) is 0 Å². The zero-order valence-electron chi connectivity index (χ0n) is 22.1. The molecule has 6 atom stereocenters. The molecule has 218 valence electrons. The maximum Gasteiger partial charge on any atom is 0.323 e. The molecule has 3 aromatic rings. The summed E-state index contributed by atoms with van der Waals surface area (Å²) in [6.07, 6.45) is -3.77. The molecule has 1 aliphatic rings. The Bertz CT molecular complexity index is 1400. The Kier molecular flexibility index (Phi) is 9.15. The fourth-order valence-corrected chi connectivity index (χ4v) is 6.82. The molecule has 0 aliphatic carbocycles. The molecule has 3 heterocycles. The van der Waals surface area contributed by atoms with Crippen molar-refractivity contribution in [1.82, 2.24) is 24.6 Å². The Hall–Kier alpha value is -2.65. The Labute approximate surface area is 239 Å². The van der Waals surface area contributed by atoms with Crippen molar-refractivity contribution in [2.24, 2.45) is 0 Å². The second kappa shape index (κ2) is 12.1. The van der Waals surface area contributed by atoms with Crippen molar-refractivity contribution in [3.05, 3.63) is 36.7 Å². The minimum absolute atomic E-state index is 0.0524. The van der Waals surface area contributed by atoms with Gasteiger partial charge in [0, 0.05) is 14.1 Å².